The Morgan fingerprint density at radius 2 is 2.03 bits per heavy atom. The molecule has 178 valence electrons. The largest absolute Gasteiger partial charge is 0.467 e. The Kier molecular flexibility index (Phi) is 7.98. The van der Waals surface area contributed by atoms with E-state index in [2.05, 4.69) is 11.9 Å². The van der Waals surface area contributed by atoms with Crippen molar-refractivity contribution in [3.05, 3.63) is 47.3 Å². The maximum Gasteiger partial charge on any atom is 0.408 e. The number of hydrogen-bond donors (Lipinski definition) is 2. The van der Waals surface area contributed by atoms with Crippen LogP contribution in [0.4, 0.5) is 13.2 Å². The Morgan fingerprint density at radius 1 is 1.34 bits per heavy atom. The van der Waals surface area contributed by atoms with Gasteiger partial charge in [0.25, 0.3) is 0 Å². The number of nitrogens with one attached hydrogen (secondary N) is 1. The van der Waals surface area contributed by atoms with Crippen molar-refractivity contribution in [1.82, 2.24) is 10.2 Å². The van der Waals surface area contributed by atoms with Gasteiger partial charge in [0.2, 0.25) is 0 Å². The minimum absolute atomic E-state index is 0.111. The molecule has 2 N–H and O–H groups in total. The third-order valence-electron chi connectivity index (χ3n) is 6.58. The van der Waals surface area contributed by atoms with Gasteiger partial charge in [-0.05, 0) is 49.3 Å². The van der Waals surface area contributed by atoms with E-state index in [1.54, 1.807) is 12.1 Å². The number of alkyl halides is 3. The first-order chi connectivity index (χ1) is 15.1. The van der Waals surface area contributed by atoms with Gasteiger partial charge in [0, 0.05) is 10.9 Å². The van der Waals surface area contributed by atoms with E-state index in [1.165, 1.54) is 12.0 Å². The molecule has 1 aliphatic carbocycles. The molecule has 4 atom stereocenters. The van der Waals surface area contributed by atoms with Gasteiger partial charge in [0.1, 0.15) is 18.3 Å². The lowest BCUT2D eigenvalue weighted by Crippen LogP contribution is -2.68. The zero-order chi connectivity index (χ0) is 23.5. The fourth-order valence-corrected chi connectivity index (χ4v) is 5.11. The second kappa shape index (κ2) is 10.3. The normalized spacial score (nSPS) is 25.1. The number of likely N-dealkylation sites (tertiary alicyclic amines) is 1. The standard InChI is InChI=1S/C23H30ClF3N2O3/c1-14(28-20(23(25,26)27)16-8-4-3-5-9-16)29-19(22(31)32-2)18(21(29)30)12-11-15-7-6-10-17(24)13-15/h6-7,10,13,16,18-21,28,30H,1,3-5,8-9,11-12H2,2H3/t18-,19+,20+,21?/m1/s1. The Labute approximate surface area is 191 Å². The number of benzene rings is 1. The third-order valence-corrected chi connectivity index (χ3v) is 6.81. The quantitative estimate of drug-likeness (QED) is 0.538. The summed E-state index contributed by atoms with van der Waals surface area (Å²) >= 11 is 6.01. The number of aryl methyl sites for hydroxylation is 1. The van der Waals surface area contributed by atoms with Crippen molar-refractivity contribution in [2.45, 2.75) is 69.4 Å². The molecule has 0 spiro atoms. The monoisotopic (exact) mass is 474 g/mol. The SMILES string of the molecule is C=C(N[C@@H](C1CCCCC1)C(F)(F)F)N1C(O)[C@H](CCc2cccc(Cl)c2)[C@H]1C(=O)OC. The van der Waals surface area contributed by atoms with E-state index in [1.807, 2.05) is 12.1 Å². The lowest BCUT2D eigenvalue weighted by atomic mass is 9.81. The Balaban J connectivity index is 1.70. The molecule has 1 unspecified atom stereocenters. The first-order valence-corrected chi connectivity index (χ1v) is 11.3. The smallest absolute Gasteiger partial charge is 0.408 e. The summed E-state index contributed by atoms with van der Waals surface area (Å²) in [6, 6.07) is 4.58. The van der Waals surface area contributed by atoms with Crippen molar-refractivity contribution in [3.8, 4) is 0 Å². The first kappa shape index (κ1) is 24.7. The first-order valence-electron chi connectivity index (χ1n) is 10.9. The highest BCUT2D eigenvalue weighted by Gasteiger charge is 2.54. The number of nitrogens with zero attached hydrogens (tertiary/aromatic N) is 1. The predicted molar refractivity (Wildman–Crippen MR) is 116 cm³/mol. The van der Waals surface area contributed by atoms with Crippen molar-refractivity contribution in [3.63, 3.8) is 0 Å². The van der Waals surface area contributed by atoms with Crippen molar-refractivity contribution in [1.29, 1.82) is 0 Å². The molecule has 1 aromatic rings. The van der Waals surface area contributed by atoms with Crippen LogP contribution in [0.2, 0.25) is 5.02 Å². The van der Waals surface area contributed by atoms with Gasteiger partial charge in [-0.2, -0.15) is 13.2 Å². The fourth-order valence-electron chi connectivity index (χ4n) is 4.90. The molecule has 0 amide bonds. The number of methoxy groups -OCH3 is 1. The van der Waals surface area contributed by atoms with E-state index in [9.17, 15) is 23.1 Å². The molecule has 0 bridgehead atoms. The molecule has 1 saturated heterocycles. The molecule has 1 saturated carbocycles. The summed E-state index contributed by atoms with van der Waals surface area (Å²) in [6.45, 7) is 3.74. The average molecular weight is 475 g/mol. The van der Waals surface area contributed by atoms with Crippen LogP contribution in [0, 0.1) is 11.8 Å². The Hall–Kier alpha value is -1.93. The number of aliphatic hydroxyl groups is 1. The van der Waals surface area contributed by atoms with E-state index in [4.69, 9.17) is 16.3 Å². The second-order valence-corrected chi connectivity index (χ2v) is 9.07. The molecule has 1 aliphatic heterocycles. The summed E-state index contributed by atoms with van der Waals surface area (Å²) in [5.74, 6) is -1.79. The highest BCUT2D eigenvalue weighted by atomic mass is 35.5. The van der Waals surface area contributed by atoms with E-state index in [-0.39, 0.29) is 5.82 Å². The van der Waals surface area contributed by atoms with Gasteiger partial charge >= 0.3 is 12.1 Å². The lowest BCUT2D eigenvalue weighted by Gasteiger charge is -2.53. The number of carbonyl (C=O) groups is 1. The van der Waals surface area contributed by atoms with Crippen LogP contribution in [-0.2, 0) is 16.0 Å². The van der Waals surface area contributed by atoms with Crippen LogP contribution in [0.3, 0.4) is 0 Å². The molecule has 3 rings (SSSR count). The van der Waals surface area contributed by atoms with Crippen LogP contribution in [0.5, 0.6) is 0 Å². The van der Waals surface area contributed by atoms with Gasteiger partial charge in [-0.15, -0.1) is 0 Å². The van der Waals surface area contributed by atoms with Crippen molar-refractivity contribution >= 4 is 17.6 Å². The summed E-state index contributed by atoms with van der Waals surface area (Å²) in [5, 5.41) is 13.8. The molecule has 2 fully saturated rings. The lowest BCUT2D eigenvalue weighted by molar-refractivity contribution is -0.197. The van der Waals surface area contributed by atoms with Crippen molar-refractivity contribution in [2.24, 2.45) is 11.8 Å². The van der Waals surface area contributed by atoms with Gasteiger partial charge in [0.15, 0.2) is 0 Å². The fraction of sp³-hybridized carbons (Fsp3) is 0.609. The minimum atomic E-state index is -4.46. The maximum atomic E-state index is 13.8. The van der Waals surface area contributed by atoms with E-state index in [0.29, 0.717) is 30.7 Å². The van der Waals surface area contributed by atoms with E-state index < -0.39 is 42.3 Å². The zero-order valence-electron chi connectivity index (χ0n) is 18.1. The van der Waals surface area contributed by atoms with E-state index in [0.717, 1.165) is 24.8 Å². The molecule has 9 heteroatoms. The van der Waals surface area contributed by atoms with Crippen LogP contribution >= 0.6 is 11.6 Å². The minimum Gasteiger partial charge on any atom is -0.467 e. The number of esters is 1. The number of hydrogen-bond acceptors (Lipinski definition) is 5. The maximum absolute atomic E-state index is 13.8. The van der Waals surface area contributed by atoms with Crippen molar-refractivity contribution < 1.29 is 27.8 Å². The van der Waals surface area contributed by atoms with Crippen molar-refractivity contribution in [2.75, 3.05) is 7.11 Å². The molecule has 5 nitrogen and oxygen atoms in total. The molecule has 0 radical (unpaired) electrons. The number of aliphatic hydroxyl groups excluding tert-OH is 1. The molecule has 2 aliphatic rings. The van der Waals surface area contributed by atoms with Crippen LogP contribution in [0.25, 0.3) is 0 Å². The van der Waals surface area contributed by atoms with Gasteiger partial charge in [0.05, 0.1) is 12.9 Å². The Morgan fingerprint density at radius 3 is 2.62 bits per heavy atom. The zero-order valence-corrected chi connectivity index (χ0v) is 18.8. The van der Waals surface area contributed by atoms with Crippen LogP contribution < -0.4 is 5.32 Å². The average Bonchev–Trinajstić information content (AvgIpc) is 2.75. The molecule has 1 aromatic carbocycles. The highest BCUT2D eigenvalue weighted by molar-refractivity contribution is 6.30. The number of rotatable bonds is 8. The summed E-state index contributed by atoms with van der Waals surface area (Å²) < 4.78 is 46.3. The molecule has 0 aromatic heterocycles. The Bertz CT molecular complexity index is 814. The number of ether oxygens (including phenoxy) is 1. The summed E-state index contributed by atoms with van der Waals surface area (Å²) in [4.78, 5) is 13.6. The van der Waals surface area contributed by atoms with E-state index >= 15 is 0 Å². The topological polar surface area (TPSA) is 61.8 Å². The summed E-state index contributed by atoms with van der Waals surface area (Å²) in [5.41, 5.74) is 0.943. The molecular weight excluding hydrogens is 445 g/mol. The molecule has 32 heavy (non-hydrogen) atoms. The van der Waals surface area contributed by atoms with Crippen LogP contribution in [0.15, 0.2) is 36.7 Å². The highest BCUT2D eigenvalue weighted by Crippen LogP contribution is 2.40. The number of halogens is 4. The second-order valence-electron chi connectivity index (χ2n) is 8.63. The molecule has 1 heterocycles. The van der Waals surface area contributed by atoms with Crippen LogP contribution in [-0.4, -0.2) is 47.6 Å². The van der Waals surface area contributed by atoms with Gasteiger partial charge in [-0.3, -0.25) is 0 Å². The molecular formula is C23H30ClF3N2O3. The van der Waals surface area contributed by atoms with Gasteiger partial charge in [-0.1, -0.05) is 49.6 Å². The number of carbonyl (C=O) groups excluding carboxylic acids is 1. The summed E-state index contributed by atoms with van der Waals surface area (Å²) in [7, 11) is 1.22. The summed E-state index contributed by atoms with van der Waals surface area (Å²) in [6.07, 6.45) is -1.20. The predicted octanol–water partition coefficient (Wildman–Crippen LogP) is 4.64. The van der Waals surface area contributed by atoms with Crippen LogP contribution in [0.1, 0.15) is 44.1 Å². The van der Waals surface area contributed by atoms with Gasteiger partial charge in [-0.25, -0.2) is 4.79 Å². The third kappa shape index (κ3) is 5.52. The van der Waals surface area contributed by atoms with Gasteiger partial charge < -0.3 is 20.1 Å².